The molecular formula is C22H19NO2. The van der Waals surface area contributed by atoms with Crippen LogP contribution in [0.25, 0.3) is 6.08 Å². The Hall–Kier alpha value is -2.68. The van der Waals surface area contributed by atoms with Gasteiger partial charge in [-0.25, -0.2) is 0 Å². The van der Waals surface area contributed by atoms with E-state index < -0.39 is 0 Å². The third-order valence-corrected chi connectivity index (χ3v) is 5.57. The molecule has 2 heterocycles. The van der Waals surface area contributed by atoms with Crippen molar-refractivity contribution in [1.29, 1.82) is 0 Å². The Labute approximate surface area is 147 Å². The van der Waals surface area contributed by atoms with Crippen LogP contribution in [0, 0.1) is 0 Å². The predicted molar refractivity (Wildman–Crippen MR) is 98.4 cm³/mol. The number of benzene rings is 2. The van der Waals surface area contributed by atoms with Crippen LogP contribution in [0.1, 0.15) is 50.2 Å². The molecule has 0 fully saturated rings. The van der Waals surface area contributed by atoms with E-state index in [1.807, 2.05) is 12.1 Å². The minimum Gasteiger partial charge on any atom is -0.371 e. The van der Waals surface area contributed by atoms with Crippen molar-refractivity contribution in [3.8, 4) is 0 Å². The maximum atomic E-state index is 12.6. The number of hydrogen-bond donors (Lipinski definition) is 0. The van der Waals surface area contributed by atoms with Crippen LogP contribution in [0.2, 0.25) is 0 Å². The fourth-order valence-electron chi connectivity index (χ4n) is 4.48. The Kier molecular flexibility index (Phi) is 3.17. The van der Waals surface area contributed by atoms with Crippen molar-refractivity contribution in [2.75, 3.05) is 18.0 Å². The van der Waals surface area contributed by atoms with Crippen molar-refractivity contribution in [1.82, 2.24) is 0 Å². The van der Waals surface area contributed by atoms with Gasteiger partial charge in [0.25, 0.3) is 0 Å². The summed E-state index contributed by atoms with van der Waals surface area (Å²) in [5.41, 5.74) is 6.50. The van der Waals surface area contributed by atoms with Gasteiger partial charge in [0.15, 0.2) is 11.6 Å². The molecule has 3 aliphatic rings. The molecule has 2 aromatic rings. The first-order valence-electron chi connectivity index (χ1n) is 9.03. The fourth-order valence-corrected chi connectivity index (χ4v) is 4.48. The number of carbonyl (C=O) groups is 2. The average molecular weight is 329 g/mol. The second kappa shape index (κ2) is 5.41. The monoisotopic (exact) mass is 329 g/mol. The first-order chi connectivity index (χ1) is 12.2. The van der Waals surface area contributed by atoms with Crippen molar-refractivity contribution in [2.45, 2.75) is 25.7 Å². The zero-order valence-corrected chi connectivity index (χ0v) is 14.0. The largest absolute Gasteiger partial charge is 0.371 e. The summed E-state index contributed by atoms with van der Waals surface area (Å²) in [4.78, 5) is 27.7. The number of anilines is 1. The van der Waals surface area contributed by atoms with Crippen LogP contribution in [-0.2, 0) is 12.8 Å². The van der Waals surface area contributed by atoms with E-state index in [-0.39, 0.29) is 11.6 Å². The van der Waals surface area contributed by atoms with Crippen molar-refractivity contribution in [3.05, 3.63) is 69.8 Å². The molecule has 0 amide bonds. The summed E-state index contributed by atoms with van der Waals surface area (Å²) in [6, 6.07) is 11.4. The van der Waals surface area contributed by atoms with Crippen LogP contribution in [0.5, 0.6) is 0 Å². The Bertz CT molecular complexity index is 886. The van der Waals surface area contributed by atoms with E-state index in [9.17, 15) is 9.59 Å². The van der Waals surface area contributed by atoms with Gasteiger partial charge >= 0.3 is 0 Å². The molecule has 0 radical (unpaired) electrons. The van der Waals surface area contributed by atoms with Gasteiger partial charge in [0.1, 0.15) is 0 Å². The number of aryl methyl sites for hydroxylation is 2. The molecule has 0 unspecified atom stereocenters. The lowest BCUT2D eigenvalue weighted by atomic mass is 9.89. The summed E-state index contributed by atoms with van der Waals surface area (Å²) in [5.74, 6) is -0.290. The first-order valence-corrected chi connectivity index (χ1v) is 9.03. The molecule has 3 nitrogen and oxygen atoms in total. The van der Waals surface area contributed by atoms with Gasteiger partial charge in [-0.3, -0.25) is 9.59 Å². The summed E-state index contributed by atoms with van der Waals surface area (Å²) in [5, 5.41) is 0. The number of allylic oxidation sites excluding steroid dienone is 1. The van der Waals surface area contributed by atoms with Crippen molar-refractivity contribution < 1.29 is 9.59 Å². The molecule has 0 atom stereocenters. The van der Waals surface area contributed by atoms with E-state index >= 15 is 0 Å². The molecule has 1 aliphatic carbocycles. The maximum Gasteiger partial charge on any atom is 0.197 e. The highest BCUT2D eigenvalue weighted by atomic mass is 16.2. The number of carbonyl (C=O) groups excluding carboxylic acids is 2. The predicted octanol–water partition coefficient (Wildman–Crippen LogP) is 3.85. The Balaban J connectivity index is 1.61. The van der Waals surface area contributed by atoms with Crippen LogP contribution >= 0.6 is 0 Å². The Morgan fingerprint density at radius 1 is 0.840 bits per heavy atom. The van der Waals surface area contributed by atoms with Gasteiger partial charge in [-0.1, -0.05) is 24.3 Å². The molecule has 0 spiro atoms. The average Bonchev–Trinajstić information content (AvgIpc) is 2.88. The molecule has 3 heteroatoms. The molecule has 0 saturated carbocycles. The molecule has 25 heavy (non-hydrogen) atoms. The second-order valence-electron chi connectivity index (χ2n) is 7.14. The number of rotatable bonds is 1. The standard InChI is InChI=1S/C22H19NO2/c24-21-17-7-1-2-8-18(17)22(25)19(21)13-14-11-15-5-3-9-23-10-4-6-16(12-14)20(15)23/h1-2,7-8,11-13H,3-6,9-10H2. The van der Waals surface area contributed by atoms with Gasteiger partial charge in [-0.2, -0.15) is 0 Å². The van der Waals surface area contributed by atoms with E-state index in [1.54, 1.807) is 18.2 Å². The van der Waals surface area contributed by atoms with E-state index in [4.69, 9.17) is 0 Å². The summed E-state index contributed by atoms with van der Waals surface area (Å²) in [6.07, 6.45) is 6.32. The number of Topliss-reactive ketones (excluding diaryl/α,β-unsaturated/α-hetero) is 2. The molecule has 2 aromatic carbocycles. The smallest absolute Gasteiger partial charge is 0.197 e. The molecule has 0 saturated heterocycles. The normalized spacial score (nSPS) is 18.2. The molecule has 0 bridgehead atoms. The quantitative estimate of drug-likeness (QED) is 0.589. The lowest BCUT2D eigenvalue weighted by Gasteiger charge is -2.37. The van der Waals surface area contributed by atoms with E-state index in [0.717, 1.165) is 31.5 Å². The molecule has 5 rings (SSSR count). The lowest BCUT2D eigenvalue weighted by molar-refractivity contribution is 0.0990. The molecule has 124 valence electrons. The fraction of sp³-hybridized carbons (Fsp3) is 0.273. The van der Waals surface area contributed by atoms with E-state index in [0.29, 0.717) is 16.7 Å². The molecule has 0 aromatic heterocycles. The topological polar surface area (TPSA) is 37.4 Å². The summed E-state index contributed by atoms with van der Waals surface area (Å²) in [7, 11) is 0. The van der Waals surface area contributed by atoms with Gasteiger partial charge in [0.2, 0.25) is 0 Å². The van der Waals surface area contributed by atoms with Crippen molar-refractivity contribution in [3.63, 3.8) is 0 Å². The minimum atomic E-state index is -0.145. The van der Waals surface area contributed by atoms with Crippen LogP contribution in [0.4, 0.5) is 5.69 Å². The highest BCUT2D eigenvalue weighted by Gasteiger charge is 2.32. The van der Waals surface area contributed by atoms with Gasteiger partial charge in [0, 0.05) is 29.9 Å². The highest BCUT2D eigenvalue weighted by Crippen LogP contribution is 2.37. The van der Waals surface area contributed by atoms with Crippen molar-refractivity contribution >= 4 is 23.3 Å². The summed E-state index contributed by atoms with van der Waals surface area (Å²) in [6.45, 7) is 2.29. The SMILES string of the molecule is O=C1C(=Cc2cc3c4c(c2)CCCN4CCC3)C(=O)c2ccccc21. The second-order valence-corrected chi connectivity index (χ2v) is 7.14. The van der Waals surface area contributed by atoms with Gasteiger partial charge in [-0.05, 0) is 60.6 Å². The van der Waals surface area contributed by atoms with Crippen LogP contribution in [-0.4, -0.2) is 24.7 Å². The maximum absolute atomic E-state index is 12.6. The van der Waals surface area contributed by atoms with E-state index in [1.165, 1.54) is 29.7 Å². The van der Waals surface area contributed by atoms with Crippen molar-refractivity contribution in [2.24, 2.45) is 0 Å². The number of fused-ring (bicyclic) bond motifs is 1. The van der Waals surface area contributed by atoms with Crippen LogP contribution in [0.3, 0.4) is 0 Å². The Morgan fingerprint density at radius 2 is 1.40 bits per heavy atom. The van der Waals surface area contributed by atoms with E-state index in [2.05, 4.69) is 17.0 Å². The number of ketones is 2. The Morgan fingerprint density at radius 3 is 1.96 bits per heavy atom. The minimum absolute atomic E-state index is 0.145. The van der Waals surface area contributed by atoms with Gasteiger partial charge in [0.05, 0.1) is 5.57 Å². The summed E-state index contributed by atoms with van der Waals surface area (Å²) >= 11 is 0. The van der Waals surface area contributed by atoms with Gasteiger partial charge < -0.3 is 4.90 Å². The number of nitrogens with zero attached hydrogens (tertiary/aromatic N) is 1. The third-order valence-electron chi connectivity index (χ3n) is 5.57. The van der Waals surface area contributed by atoms with Gasteiger partial charge in [-0.15, -0.1) is 0 Å². The highest BCUT2D eigenvalue weighted by molar-refractivity contribution is 6.41. The molecular weight excluding hydrogens is 310 g/mol. The molecule has 2 aliphatic heterocycles. The van der Waals surface area contributed by atoms with Crippen LogP contribution < -0.4 is 4.90 Å². The lowest BCUT2D eigenvalue weighted by Crippen LogP contribution is -2.34. The third kappa shape index (κ3) is 2.19. The number of hydrogen-bond acceptors (Lipinski definition) is 3. The van der Waals surface area contributed by atoms with Crippen LogP contribution in [0.15, 0.2) is 42.0 Å². The summed E-state index contributed by atoms with van der Waals surface area (Å²) < 4.78 is 0. The molecule has 0 N–H and O–H groups in total. The zero-order valence-electron chi connectivity index (χ0n) is 14.0. The first kappa shape index (κ1) is 14.6. The zero-order chi connectivity index (χ0) is 17.0.